The first-order chi connectivity index (χ1) is 13.2. The van der Waals surface area contributed by atoms with Crippen LogP contribution in [0.4, 0.5) is 5.69 Å². The van der Waals surface area contributed by atoms with Crippen LogP contribution < -0.4 is 15.0 Å². The fourth-order valence-corrected chi connectivity index (χ4v) is 4.71. The van der Waals surface area contributed by atoms with Crippen LogP contribution in [0.15, 0.2) is 24.3 Å². The first kappa shape index (κ1) is 18.6. The molecule has 0 bridgehead atoms. The number of nitrogens with one attached hydrogen (secondary N) is 1. The van der Waals surface area contributed by atoms with Gasteiger partial charge in [-0.05, 0) is 45.0 Å². The van der Waals surface area contributed by atoms with Gasteiger partial charge in [0.05, 0.1) is 17.7 Å². The van der Waals surface area contributed by atoms with Gasteiger partial charge in [0.15, 0.2) is 0 Å². The molecule has 0 radical (unpaired) electrons. The van der Waals surface area contributed by atoms with Crippen molar-refractivity contribution in [2.45, 2.75) is 32.3 Å². The van der Waals surface area contributed by atoms with E-state index in [1.807, 2.05) is 19.1 Å². The van der Waals surface area contributed by atoms with Crippen LogP contribution in [0, 0.1) is 5.41 Å². The molecule has 3 saturated heterocycles. The van der Waals surface area contributed by atoms with Crippen LogP contribution in [0.3, 0.4) is 0 Å². The first-order valence-electron chi connectivity index (χ1n) is 10.3. The molecule has 3 heterocycles. The number of benzene rings is 1. The number of carbonyl (C=O) groups excluding carboxylic acids is 1. The van der Waals surface area contributed by atoms with E-state index in [1.165, 1.54) is 5.69 Å². The summed E-state index contributed by atoms with van der Waals surface area (Å²) >= 11 is 0. The molecule has 6 nitrogen and oxygen atoms in total. The lowest BCUT2D eigenvalue weighted by atomic mass is 9.76. The number of ether oxygens (including phenoxy) is 2. The predicted molar refractivity (Wildman–Crippen MR) is 105 cm³/mol. The van der Waals surface area contributed by atoms with Crippen LogP contribution in [-0.2, 0) is 9.53 Å². The number of para-hydroxylation sites is 2. The summed E-state index contributed by atoms with van der Waals surface area (Å²) < 4.78 is 11.6. The summed E-state index contributed by atoms with van der Waals surface area (Å²) in [6.07, 6.45) is 2.79. The lowest BCUT2D eigenvalue weighted by molar-refractivity contribution is -0.150. The number of cyclic esters (lactones) is 1. The van der Waals surface area contributed by atoms with Crippen molar-refractivity contribution in [2.75, 3.05) is 57.3 Å². The number of anilines is 1. The highest BCUT2D eigenvalue weighted by molar-refractivity contribution is 5.79. The van der Waals surface area contributed by atoms with Gasteiger partial charge in [-0.1, -0.05) is 12.1 Å². The molecule has 148 valence electrons. The maximum atomic E-state index is 12.4. The van der Waals surface area contributed by atoms with Crippen LogP contribution in [-0.4, -0.2) is 69.4 Å². The van der Waals surface area contributed by atoms with E-state index < -0.39 is 0 Å². The van der Waals surface area contributed by atoms with E-state index in [0.717, 1.165) is 70.8 Å². The van der Waals surface area contributed by atoms with Crippen LogP contribution >= 0.6 is 0 Å². The number of hydrogen-bond acceptors (Lipinski definition) is 6. The number of rotatable bonds is 5. The molecule has 1 aromatic carbocycles. The quantitative estimate of drug-likeness (QED) is 0.796. The predicted octanol–water partition coefficient (Wildman–Crippen LogP) is 1.89. The van der Waals surface area contributed by atoms with Crippen LogP contribution in [0.2, 0.25) is 0 Å². The average molecular weight is 373 g/mol. The molecule has 1 unspecified atom stereocenters. The van der Waals surface area contributed by atoms with E-state index in [9.17, 15) is 4.79 Å². The zero-order valence-corrected chi connectivity index (χ0v) is 16.3. The lowest BCUT2D eigenvalue weighted by Gasteiger charge is -2.37. The zero-order valence-electron chi connectivity index (χ0n) is 16.3. The topological polar surface area (TPSA) is 54.0 Å². The number of nitrogens with zero attached hydrogens (tertiary/aromatic N) is 2. The summed E-state index contributed by atoms with van der Waals surface area (Å²) in [5.41, 5.74) is 0.966. The van der Waals surface area contributed by atoms with Gasteiger partial charge in [0, 0.05) is 39.1 Å². The van der Waals surface area contributed by atoms with Crippen LogP contribution in [0.25, 0.3) is 0 Å². The van der Waals surface area contributed by atoms with Gasteiger partial charge in [-0.15, -0.1) is 0 Å². The third-order valence-electron chi connectivity index (χ3n) is 6.23. The fourth-order valence-electron chi connectivity index (χ4n) is 4.71. The summed E-state index contributed by atoms with van der Waals surface area (Å²) in [6, 6.07) is 8.28. The van der Waals surface area contributed by atoms with Gasteiger partial charge in [0.1, 0.15) is 11.9 Å². The Hall–Kier alpha value is -1.79. The van der Waals surface area contributed by atoms with Gasteiger partial charge in [-0.2, -0.15) is 0 Å². The van der Waals surface area contributed by atoms with E-state index in [4.69, 9.17) is 9.47 Å². The third-order valence-corrected chi connectivity index (χ3v) is 6.23. The fraction of sp³-hybridized carbons (Fsp3) is 0.667. The monoisotopic (exact) mass is 373 g/mol. The Morgan fingerprint density at radius 2 is 1.93 bits per heavy atom. The normalized spacial score (nSPS) is 25.6. The number of carbonyl (C=O) groups is 1. The highest BCUT2D eigenvalue weighted by Crippen LogP contribution is 2.41. The molecule has 0 aliphatic carbocycles. The molecule has 1 N–H and O–H groups in total. The molecule has 1 atom stereocenters. The standard InChI is InChI=1S/C21H31N3O3/c1-2-26-19-6-4-3-5-18(19)24-13-11-23(12-14-24)16-17-15-21(20(25)27-17)7-9-22-10-8-21/h3-6,17,22H,2,7-16H2,1H3. The molecule has 4 rings (SSSR count). The number of piperazine rings is 1. The van der Waals surface area contributed by atoms with Gasteiger partial charge in [0.25, 0.3) is 0 Å². The van der Waals surface area contributed by atoms with Gasteiger partial charge in [-0.25, -0.2) is 0 Å². The van der Waals surface area contributed by atoms with Crippen molar-refractivity contribution >= 4 is 11.7 Å². The molecule has 0 saturated carbocycles. The maximum absolute atomic E-state index is 12.4. The van der Waals surface area contributed by atoms with E-state index in [2.05, 4.69) is 27.2 Å². The average Bonchev–Trinajstić information content (AvgIpc) is 2.98. The molecule has 27 heavy (non-hydrogen) atoms. The molecule has 0 amide bonds. The Kier molecular flexibility index (Phi) is 5.55. The minimum atomic E-state index is -0.214. The minimum Gasteiger partial charge on any atom is -0.492 e. The largest absolute Gasteiger partial charge is 0.492 e. The highest BCUT2D eigenvalue weighted by Gasteiger charge is 2.49. The summed E-state index contributed by atoms with van der Waals surface area (Å²) in [6.45, 7) is 9.35. The second-order valence-corrected chi connectivity index (χ2v) is 7.95. The van der Waals surface area contributed by atoms with E-state index in [-0.39, 0.29) is 17.5 Å². The lowest BCUT2D eigenvalue weighted by Crippen LogP contribution is -2.48. The molecule has 3 aliphatic rings. The molecule has 0 aromatic heterocycles. The van der Waals surface area contributed by atoms with Crippen molar-refractivity contribution in [3.63, 3.8) is 0 Å². The minimum absolute atomic E-state index is 0.0401. The van der Waals surface area contributed by atoms with Gasteiger partial charge in [0.2, 0.25) is 0 Å². The molecule has 3 fully saturated rings. The highest BCUT2D eigenvalue weighted by atomic mass is 16.6. The van der Waals surface area contributed by atoms with Crippen LogP contribution in [0.1, 0.15) is 26.2 Å². The first-order valence-corrected chi connectivity index (χ1v) is 10.3. The van der Waals surface area contributed by atoms with Crippen molar-refractivity contribution in [3.05, 3.63) is 24.3 Å². The van der Waals surface area contributed by atoms with E-state index in [1.54, 1.807) is 0 Å². The Bertz CT molecular complexity index is 652. The van der Waals surface area contributed by atoms with Crippen molar-refractivity contribution in [2.24, 2.45) is 5.41 Å². The Morgan fingerprint density at radius 3 is 2.67 bits per heavy atom. The summed E-state index contributed by atoms with van der Waals surface area (Å²) in [5, 5.41) is 3.35. The Labute approximate surface area is 161 Å². The van der Waals surface area contributed by atoms with E-state index >= 15 is 0 Å². The number of hydrogen-bond donors (Lipinski definition) is 1. The Balaban J connectivity index is 1.31. The maximum Gasteiger partial charge on any atom is 0.312 e. The van der Waals surface area contributed by atoms with E-state index in [0.29, 0.717) is 6.61 Å². The van der Waals surface area contributed by atoms with Gasteiger partial charge < -0.3 is 19.7 Å². The number of esters is 1. The van der Waals surface area contributed by atoms with Gasteiger partial charge in [-0.3, -0.25) is 9.69 Å². The van der Waals surface area contributed by atoms with Crippen molar-refractivity contribution in [1.29, 1.82) is 0 Å². The van der Waals surface area contributed by atoms with Crippen molar-refractivity contribution in [1.82, 2.24) is 10.2 Å². The molecule has 3 aliphatic heterocycles. The molecule has 1 spiro atoms. The third kappa shape index (κ3) is 3.92. The summed E-state index contributed by atoms with van der Waals surface area (Å²) in [7, 11) is 0. The van der Waals surface area contributed by atoms with Crippen molar-refractivity contribution in [3.8, 4) is 5.75 Å². The van der Waals surface area contributed by atoms with Gasteiger partial charge >= 0.3 is 5.97 Å². The second-order valence-electron chi connectivity index (χ2n) is 7.95. The summed E-state index contributed by atoms with van der Waals surface area (Å²) in [4.78, 5) is 17.3. The summed E-state index contributed by atoms with van der Waals surface area (Å²) in [5.74, 6) is 1.00. The molecular weight excluding hydrogens is 342 g/mol. The van der Waals surface area contributed by atoms with Crippen LogP contribution in [0.5, 0.6) is 5.75 Å². The zero-order chi connectivity index (χ0) is 18.7. The smallest absolute Gasteiger partial charge is 0.312 e. The van der Waals surface area contributed by atoms with Crippen molar-refractivity contribution < 1.29 is 14.3 Å². The Morgan fingerprint density at radius 1 is 1.19 bits per heavy atom. The molecular formula is C21H31N3O3. The molecule has 6 heteroatoms. The number of piperidine rings is 1. The molecule has 1 aromatic rings. The SMILES string of the molecule is CCOc1ccccc1N1CCN(CC2CC3(CCNCC3)C(=O)O2)CC1. The second kappa shape index (κ2) is 8.07.